The summed E-state index contributed by atoms with van der Waals surface area (Å²) in [6, 6.07) is 9.73. The average Bonchev–Trinajstić information content (AvgIpc) is 3.17. The fourth-order valence-corrected chi connectivity index (χ4v) is 2.97. The van der Waals surface area contributed by atoms with Crippen LogP contribution in [0.3, 0.4) is 0 Å². The predicted octanol–water partition coefficient (Wildman–Crippen LogP) is 2.04. The monoisotopic (exact) mass is 327 g/mol. The molecule has 6 heteroatoms. The van der Waals surface area contributed by atoms with Crippen LogP contribution in [0, 0.1) is 0 Å². The Morgan fingerprint density at radius 1 is 1.29 bits per heavy atom. The molecule has 0 fully saturated rings. The Kier molecular flexibility index (Phi) is 4.64. The maximum Gasteiger partial charge on any atom is 0.359 e. The molecule has 1 N–H and O–H groups in total. The lowest BCUT2D eigenvalue weighted by atomic mass is 10.2. The number of hydrogen-bond donors (Lipinski definition) is 1. The third kappa shape index (κ3) is 3.04. The summed E-state index contributed by atoms with van der Waals surface area (Å²) in [5, 5.41) is 7.11. The summed E-state index contributed by atoms with van der Waals surface area (Å²) in [5.41, 5.74) is 3.24. The Labute approximate surface area is 140 Å². The third-order valence-electron chi connectivity index (χ3n) is 4.13. The molecule has 3 rings (SSSR count). The molecular formula is C18H21N3O3. The van der Waals surface area contributed by atoms with Crippen LogP contribution in [0.15, 0.2) is 30.3 Å². The van der Waals surface area contributed by atoms with Gasteiger partial charge in [-0.05, 0) is 45.2 Å². The second-order valence-corrected chi connectivity index (χ2v) is 5.82. The van der Waals surface area contributed by atoms with Gasteiger partial charge in [0.1, 0.15) is 0 Å². The van der Waals surface area contributed by atoms with Crippen LogP contribution in [-0.2, 0) is 22.4 Å². The minimum absolute atomic E-state index is 0.301. The van der Waals surface area contributed by atoms with E-state index in [1.54, 1.807) is 6.92 Å². The van der Waals surface area contributed by atoms with Crippen LogP contribution in [0.5, 0.6) is 0 Å². The smallest absolute Gasteiger partial charge is 0.359 e. The summed E-state index contributed by atoms with van der Waals surface area (Å²) in [5.74, 6) is -0.841. The molecule has 24 heavy (non-hydrogen) atoms. The number of fused-ring (bicyclic) bond motifs is 1. The topological polar surface area (TPSA) is 73.2 Å². The molecule has 0 saturated heterocycles. The second kappa shape index (κ2) is 6.86. The van der Waals surface area contributed by atoms with E-state index >= 15 is 0 Å². The number of carbonyl (C=O) groups excluding carboxylic acids is 2. The fraction of sp³-hybridized carbons (Fsp3) is 0.389. The Hall–Kier alpha value is -2.63. The van der Waals surface area contributed by atoms with E-state index in [9.17, 15) is 9.59 Å². The summed E-state index contributed by atoms with van der Waals surface area (Å²) in [4.78, 5) is 24.2. The molecule has 0 bridgehead atoms. The minimum Gasteiger partial charge on any atom is -0.448 e. The molecule has 0 saturated carbocycles. The predicted molar refractivity (Wildman–Crippen MR) is 89.2 cm³/mol. The van der Waals surface area contributed by atoms with Crippen LogP contribution < -0.4 is 5.32 Å². The van der Waals surface area contributed by atoms with Crippen LogP contribution in [0.1, 0.15) is 42.0 Å². The van der Waals surface area contributed by atoms with Crippen molar-refractivity contribution in [2.45, 2.75) is 39.2 Å². The van der Waals surface area contributed by atoms with Crippen molar-refractivity contribution in [1.82, 2.24) is 15.1 Å². The van der Waals surface area contributed by atoms with Gasteiger partial charge < -0.3 is 10.1 Å². The number of carbonyl (C=O) groups is 2. The fourth-order valence-electron chi connectivity index (χ4n) is 2.97. The summed E-state index contributed by atoms with van der Waals surface area (Å²) in [6.45, 7) is 3.89. The first-order chi connectivity index (χ1) is 11.6. The number of para-hydroxylation sites is 1. The first kappa shape index (κ1) is 16.2. The molecule has 1 heterocycles. The minimum atomic E-state index is -0.837. The molecule has 1 aliphatic carbocycles. The highest BCUT2D eigenvalue weighted by molar-refractivity contribution is 5.92. The molecule has 1 atom stereocenters. The molecule has 0 aliphatic heterocycles. The van der Waals surface area contributed by atoms with E-state index in [-0.39, 0.29) is 5.91 Å². The summed E-state index contributed by atoms with van der Waals surface area (Å²) in [7, 11) is 0. The Balaban J connectivity index is 1.87. The standard InChI is InChI=1S/C18H21N3O3/c1-3-19-17(22)12(2)24-18(23)16-14-10-7-11-15(14)21(20-16)13-8-5-4-6-9-13/h4-6,8-9,12H,3,7,10-11H2,1-2H3,(H,19,22). The molecule has 2 aromatic rings. The normalized spacial score (nSPS) is 14.1. The zero-order chi connectivity index (χ0) is 17.1. The van der Waals surface area contributed by atoms with Crippen LogP contribution >= 0.6 is 0 Å². The summed E-state index contributed by atoms with van der Waals surface area (Å²) >= 11 is 0. The van der Waals surface area contributed by atoms with Crippen molar-refractivity contribution in [1.29, 1.82) is 0 Å². The zero-order valence-electron chi connectivity index (χ0n) is 13.9. The Morgan fingerprint density at radius 3 is 2.75 bits per heavy atom. The molecule has 1 aliphatic rings. The largest absolute Gasteiger partial charge is 0.448 e. The van der Waals surface area contributed by atoms with Crippen molar-refractivity contribution in [3.8, 4) is 5.69 Å². The van der Waals surface area contributed by atoms with Gasteiger partial charge >= 0.3 is 5.97 Å². The molecule has 0 radical (unpaired) electrons. The van der Waals surface area contributed by atoms with E-state index in [1.165, 1.54) is 0 Å². The van der Waals surface area contributed by atoms with Gasteiger partial charge in [0.15, 0.2) is 11.8 Å². The number of nitrogens with zero attached hydrogens (tertiary/aromatic N) is 2. The molecular weight excluding hydrogens is 306 g/mol. The van der Waals surface area contributed by atoms with Gasteiger partial charge in [-0.25, -0.2) is 9.48 Å². The van der Waals surface area contributed by atoms with Gasteiger partial charge in [0, 0.05) is 17.8 Å². The van der Waals surface area contributed by atoms with E-state index in [0.717, 1.165) is 36.2 Å². The van der Waals surface area contributed by atoms with E-state index < -0.39 is 12.1 Å². The lowest BCUT2D eigenvalue weighted by molar-refractivity contribution is -0.128. The van der Waals surface area contributed by atoms with Gasteiger partial charge in [0.05, 0.1) is 5.69 Å². The number of nitrogens with one attached hydrogen (secondary N) is 1. The quantitative estimate of drug-likeness (QED) is 0.853. The van der Waals surface area contributed by atoms with Crippen LogP contribution in [0.2, 0.25) is 0 Å². The highest BCUT2D eigenvalue weighted by atomic mass is 16.5. The molecule has 6 nitrogen and oxygen atoms in total. The van der Waals surface area contributed by atoms with Gasteiger partial charge in [-0.2, -0.15) is 5.10 Å². The van der Waals surface area contributed by atoms with Gasteiger partial charge in [0.2, 0.25) is 0 Å². The number of aromatic nitrogens is 2. The number of esters is 1. The highest BCUT2D eigenvalue weighted by Gasteiger charge is 2.29. The SMILES string of the molecule is CCNC(=O)C(C)OC(=O)c1nn(-c2ccccc2)c2c1CCC2. The van der Waals surface area contributed by atoms with Crippen molar-refractivity contribution >= 4 is 11.9 Å². The maximum atomic E-state index is 12.5. The van der Waals surface area contributed by atoms with Gasteiger partial charge in [0.25, 0.3) is 5.91 Å². The maximum absolute atomic E-state index is 12.5. The van der Waals surface area contributed by atoms with Crippen molar-refractivity contribution in [3.05, 3.63) is 47.3 Å². The van der Waals surface area contributed by atoms with Crippen molar-refractivity contribution in [3.63, 3.8) is 0 Å². The molecule has 1 aromatic heterocycles. The van der Waals surface area contributed by atoms with Crippen LogP contribution in [0.25, 0.3) is 5.69 Å². The Morgan fingerprint density at radius 2 is 2.04 bits per heavy atom. The second-order valence-electron chi connectivity index (χ2n) is 5.82. The number of rotatable bonds is 5. The van der Waals surface area contributed by atoms with E-state index in [4.69, 9.17) is 4.74 Å². The molecule has 126 valence electrons. The van der Waals surface area contributed by atoms with Crippen LogP contribution in [0.4, 0.5) is 0 Å². The number of amides is 1. The van der Waals surface area contributed by atoms with Crippen molar-refractivity contribution in [2.75, 3.05) is 6.54 Å². The van der Waals surface area contributed by atoms with E-state index in [2.05, 4.69) is 10.4 Å². The zero-order valence-corrected chi connectivity index (χ0v) is 13.9. The summed E-state index contributed by atoms with van der Waals surface area (Å²) < 4.78 is 7.11. The number of benzene rings is 1. The molecule has 1 unspecified atom stereocenters. The molecule has 1 aromatic carbocycles. The van der Waals surface area contributed by atoms with Gasteiger partial charge in [-0.3, -0.25) is 4.79 Å². The Bertz CT molecular complexity index is 752. The van der Waals surface area contributed by atoms with Gasteiger partial charge in [-0.1, -0.05) is 18.2 Å². The van der Waals surface area contributed by atoms with Crippen LogP contribution in [-0.4, -0.2) is 34.3 Å². The highest BCUT2D eigenvalue weighted by Crippen LogP contribution is 2.28. The van der Waals surface area contributed by atoms with Gasteiger partial charge in [-0.15, -0.1) is 0 Å². The third-order valence-corrected chi connectivity index (χ3v) is 4.13. The number of likely N-dealkylation sites (N-methyl/N-ethyl adjacent to an activating group) is 1. The number of ether oxygens (including phenoxy) is 1. The first-order valence-electron chi connectivity index (χ1n) is 8.26. The average molecular weight is 327 g/mol. The lowest BCUT2D eigenvalue weighted by Crippen LogP contribution is -2.35. The van der Waals surface area contributed by atoms with Crippen molar-refractivity contribution < 1.29 is 14.3 Å². The molecule has 0 spiro atoms. The van der Waals surface area contributed by atoms with E-state index in [0.29, 0.717) is 12.2 Å². The lowest BCUT2D eigenvalue weighted by Gasteiger charge is -2.12. The van der Waals surface area contributed by atoms with Crippen molar-refractivity contribution in [2.24, 2.45) is 0 Å². The van der Waals surface area contributed by atoms with E-state index in [1.807, 2.05) is 41.9 Å². The molecule has 1 amide bonds. The summed E-state index contributed by atoms with van der Waals surface area (Å²) in [6.07, 6.45) is 1.85. The number of hydrogen-bond acceptors (Lipinski definition) is 4. The first-order valence-corrected chi connectivity index (χ1v) is 8.26.